The van der Waals surface area contributed by atoms with Gasteiger partial charge in [-0.15, -0.1) is 0 Å². The number of hydroxylamine groups is 1. The van der Waals surface area contributed by atoms with E-state index in [9.17, 15) is 9.18 Å². The van der Waals surface area contributed by atoms with Crippen molar-refractivity contribution in [2.24, 2.45) is 0 Å². The molecule has 3 aromatic rings. The fraction of sp³-hybridized carbons (Fsp3) is 0.150. The highest BCUT2D eigenvalue weighted by atomic mass is 32.2. The van der Waals surface area contributed by atoms with Crippen molar-refractivity contribution in [2.75, 3.05) is 31.8 Å². The first-order chi connectivity index (χ1) is 14.5. The molecule has 30 heavy (non-hydrogen) atoms. The van der Waals surface area contributed by atoms with Gasteiger partial charge < -0.3 is 10.6 Å². The number of hydrogen-bond donors (Lipinski definition) is 3. The van der Waals surface area contributed by atoms with Gasteiger partial charge in [0.2, 0.25) is 5.95 Å². The Bertz CT molecular complexity index is 1030. The second kappa shape index (κ2) is 10.0. The van der Waals surface area contributed by atoms with E-state index in [4.69, 9.17) is 4.84 Å². The van der Waals surface area contributed by atoms with E-state index in [2.05, 4.69) is 26.1 Å². The molecule has 0 atom stereocenters. The number of halogens is 1. The van der Waals surface area contributed by atoms with Crippen molar-refractivity contribution in [3.8, 4) is 0 Å². The number of nitrogens with one attached hydrogen (secondary N) is 3. The van der Waals surface area contributed by atoms with Crippen molar-refractivity contribution in [1.29, 1.82) is 0 Å². The molecule has 0 spiro atoms. The molecule has 1 aromatic carbocycles. The molecule has 3 rings (SSSR count). The topological polar surface area (TPSA) is 91.4 Å². The maximum Gasteiger partial charge on any atom is 0.278 e. The molecule has 0 aliphatic rings. The van der Waals surface area contributed by atoms with Crippen LogP contribution in [0.2, 0.25) is 0 Å². The number of nitrogens with zero attached hydrogens (tertiary/aromatic N) is 3. The van der Waals surface area contributed by atoms with Crippen LogP contribution in [0.4, 0.5) is 27.4 Å². The van der Waals surface area contributed by atoms with E-state index in [-0.39, 0.29) is 5.56 Å². The van der Waals surface area contributed by atoms with Crippen LogP contribution in [-0.4, -0.2) is 41.4 Å². The minimum Gasteiger partial charge on any atom is -0.354 e. The summed E-state index contributed by atoms with van der Waals surface area (Å²) in [7, 11) is 5.24. The lowest BCUT2D eigenvalue weighted by Crippen LogP contribution is -2.23. The lowest BCUT2D eigenvalue weighted by Gasteiger charge is -2.17. The second-order valence-electron chi connectivity index (χ2n) is 6.25. The number of amides is 1. The molecular formula is C20H21FN6O2S. The second-order valence-corrected chi connectivity index (χ2v) is 7.60. The number of rotatable bonds is 8. The molecule has 0 fully saturated rings. The highest BCUT2D eigenvalue weighted by molar-refractivity contribution is 7.97. The van der Waals surface area contributed by atoms with Gasteiger partial charge in [0.15, 0.2) is 0 Å². The van der Waals surface area contributed by atoms with Crippen LogP contribution >= 0.6 is 11.9 Å². The van der Waals surface area contributed by atoms with E-state index >= 15 is 0 Å². The van der Waals surface area contributed by atoms with Gasteiger partial charge >= 0.3 is 0 Å². The largest absolute Gasteiger partial charge is 0.354 e. The van der Waals surface area contributed by atoms with Crippen molar-refractivity contribution < 1.29 is 14.0 Å². The zero-order chi connectivity index (χ0) is 21.5. The molecule has 0 saturated heterocycles. The molecule has 0 unspecified atom stereocenters. The molecule has 156 valence electrons. The van der Waals surface area contributed by atoms with E-state index < -0.39 is 11.9 Å². The number of carbonyl (C=O) groups is 1. The number of pyridine rings is 2. The van der Waals surface area contributed by atoms with E-state index in [0.717, 1.165) is 10.6 Å². The number of para-hydroxylation sites is 1. The van der Waals surface area contributed by atoms with Crippen LogP contribution in [0, 0.1) is 5.95 Å². The van der Waals surface area contributed by atoms with Gasteiger partial charge in [0.25, 0.3) is 5.91 Å². The van der Waals surface area contributed by atoms with Crippen LogP contribution in [0.5, 0.6) is 0 Å². The fourth-order valence-electron chi connectivity index (χ4n) is 2.56. The summed E-state index contributed by atoms with van der Waals surface area (Å²) in [6.07, 6.45) is 1.40. The summed E-state index contributed by atoms with van der Waals surface area (Å²) in [6.45, 7) is 0. The molecule has 2 aromatic heterocycles. The van der Waals surface area contributed by atoms with Gasteiger partial charge in [-0.2, -0.15) is 4.39 Å². The van der Waals surface area contributed by atoms with E-state index in [1.54, 1.807) is 18.2 Å². The normalized spacial score (nSPS) is 10.7. The number of anilines is 4. The van der Waals surface area contributed by atoms with Crippen LogP contribution in [-0.2, 0) is 4.84 Å². The van der Waals surface area contributed by atoms with Crippen LogP contribution in [0.3, 0.4) is 0 Å². The zero-order valence-electron chi connectivity index (χ0n) is 16.6. The quantitative estimate of drug-likeness (QED) is 0.282. The van der Waals surface area contributed by atoms with Gasteiger partial charge in [-0.05, 0) is 50.3 Å². The Kier molecular flexibility index (Phi) is 7.17. The first-order valence-electron chi connectivity index (χ1n) is 8.90. The fourth-order valence-corrected chi connectivity index (χ4v) is 3.31. The molecule has 0 saturated carbocycles. The molecule has 0 bridgehead atoms. The maximum absolute atomic E-state index is 13.4. The van der Waals surface area contributed by atoms with Gasteiger partial charge in [-0.1, -0.05) is 18.2 Å². The van der Waals surface area contributed by atoms with Crippen molar-refractivity contribution in [2.45, 2.75) is 4.90 Å². The minimum absolute atomic E-state index is 0.277. The summed E-state index contributed by atoms with van der Waals surface area (Å²) in [4.78, 5) is 26.1. The third-order valence-electron chi connectivity index (χ3n) is 3.75. The standard InChI is InChI=1S/C20H21FN6O2S/c1-27(2)30-16-8-5-4-7-14(16)23-15-11-19(22-12-13(15)20(28)26-29-3)25-18-10-6-9-17(21)24-18/h4-12H,1-3H3,(H,26,28)(H2,22,23,24,25). The van der Waals surface area contributed by atoms with Crippen molar-refractivity contribution in [3.63, 3.8) is 0 Å². The highest BCUT2D eigenvalue weighted by Gasteiger charge is 2.15. The van der Waals surface area contributed by atoms with Crippen LogP contribution in [0.25, 0.3) is 0 Å². The predicted molar refractivity (Wildman–Crippen MR) is 115 cm³/mol. The van der Waals surface area contributed by atoms with Gasteiger partial charge in [-0.3, -0.25) is 13.9 Å². The van der Waals surface area contributed by atoms with Gasteiger partial charge in [0, 0.05) is 17.2 Å². The summed E-state index contributed by atoms with van der Waals surface area (Å²) < 4.78 is 15.3. The van der Waals surface area contributed by atoms with E-state index in [1.807, 2.05) is 42.7 Å². The molecule has 1 amide bonds. The zero-order valence-corrected chi connectivity index (χ0v) is 17.5. The Hall–Kier alpha value is -3.21. The molecule has 0 aliphatic carbocycles. The summed E-state index contributed by atoms with van der Waals surface area (Å²) >= 11 is 1.54. The number of carbonyl (C=O) groups excluding carboxylic acids is 1. The third-order valence-corrected chi connectivity index (χ3v) is 4.67. The number of hydrogen-bond acceptors (Lipinski definition) is 8. The lowest BCUT2D eigenvalue weighted by atomic mass is 10.2. The Morgan fingerprint density at radius 2 is 1.87 bits per heavy atom. The molecule has 0 radical (unpaired) electrons. The molecule has 3 N–H and O–H groups in total. The Morgan fingerprint density at radius 1 is 1.07 bits per heavy atom. The average Bonchev–Trinajstić information content (AvgIpc) is 2.69. The van der Waals surface area contributed by atoms with Crippen molar-refractivity contribution in [3.05, 3.63) is 66.2 Å². The summed E-state index contributed by atoms with van der Waals surface area (Å²) in [5.74, 6) is -0.377. The molecule has 10 heteroatoms. The molecule has 0 aliphatic heterocycles. The van der Waals surface area contributed by atoms with Gasteiger partial charge in [0.05, 0.1) is 24.0 Å². The third kappa shape index (κ3) is 5.66. The summed E-state index contributed by atoms with van der Waals surface area (Å²) in [5.41, 5.74) is 3.87. The van der Waals surface area contributed by atoms with E-state index in [1.165, 1.54) is 31.3 Å². The van der Waals surface area contributed by atoms with Crippen LogP contribution < -0.4 is 16.1 Å². The van der Waals surface area contributed by atoms with Crippen LogP contribution in [0.1, 0.15) is 10.4 Å². The Balaban J connectivity index is 1.96. The monoisotopic (exact) mass is 428 g/mol. The summed E-state index contributed by atoms with van der Waals surface area (Å²) in [5, 5.41) is 6.22. The highest BCUT2D eigenvalue weighted by Crippen LogP contribution is 2.32. The SMILES string of the molecule is CONC(=O)c1cnc(Nc2cccc(F)n2)cc1Nc1ccccc1SN(C)C. The maximum atomic E-state index is 13.4. The van der Waals surface area contributed by atoms with Crippen molar-refractivity contribution in [1.82, 2.24) is 19.8 Å². The van der Waals surface area contributed by atoms with Gasteiger partial charge in [0.1, 0.15) is 11.6 Å². The van der Waals surface area contributed by atoms with Gasteiger partial charge in [-0.25, -0.2) is 15.4 Å². The van der Waals surface area contributed by atoms with Crippen molar-refractivity contribution >= 4 is 40.9 Å². The number of aromatic nitrogens is 2. The van der Waals surface area contributed by atoms with Crippen LogP contribution in [0.15, 0.2) is 59.6 Å². The predicted octanol–water partition coefficient (Wildman–Crippen LogP) is 3.96. The Labute approximate surface area is 178 Å². The molecular weight excluding hydrogens is 407 g/mol. The molecule has 8 nitrogen and oxygen atoms in total. The first kappa shape index (κ1) is 21.5. The number of benzene rings is 1. The molecule has 2 heterocycles. The summed E-state index contributed by atoms with van der Waals surface area (Å²) in [6, 6.07) is 13.8. The smallest absolute Gasteiger partial charge is 0.278 e. The minimum atomic E-state index is -0.607. The Morgan fingerprint density at radius 3 is 2.60 bits per heavy atom. The average molecular weight is 428 g/mol. The first-order valence-corrected chi connectivity index (χ1v) is 9.68. The van der Waals surface area contributed by atoms with E-state index in [0.29, 0.717) is 17.3 Å². The lowest BCUT2D eigenvalue weighted by molar-refractivity contribution is 0.0538.